The number of aliphatic hydroxyl groups is 1. The average molecular weight is 260 g/mol. The maximum atomic E-state index is 12.3. The molecule has 1 aromatic carbocycles. The predicted molar refractivity (Wildman–Crippen MR) is 73.6 cm³/mol. The molecule has 1 aliphatic heterocycles. The van der Waals surface area contributed by atoms with Gasteiger partial charge >= 0.3 is 0 Å². The fourth-order valence-corrected chi connectivity index (χ4v) is 3.17. The van der Waals surface area contributed by atoms with Gasteiger partial charge in [-0.15, -0.1) is 0 Å². The van der Waals surface area contributed by atoms with E-state index in [0.29, 0.717) is 0 Å². The molecule has 1 heterocycles. The highest BCUT2D eigenvalue weighted by Gasteiger charge is 2.57. The van der Waals surface area contributed by atoms with Gasteiger partial charge in [-0.25, -0.2) is 0 Å². The first kappa shape index (κ1) is 12.6. The van der Waals surface area contributed by atoms with Crippen LogP contribution in [0, 0.1) is 11.3 Å². The summed E-state index contributed by atoms with van der Waals surface area (Å²) >= 11 is 0. The lowest BCUT2D eigenvalue weighted by molar-refractivity contribution is -0.118. The van der Waals surface area contributed by atoms with Gasteiger partial charge in [0.2, 0.25) is 5.91 Å². The number of carbonyl (C=O) groups excluding carboxylic acids is 1. The van der Waals surface area contributed by atoms with Crippen molar-refractivity contribution in [1.29, 1.82) is 0 Å². The van der Waals surface area contributed by atoms with E-state index in [9.17, 15) is 4.79 Å². The van der Waals surface area contributed by atoms with E-state index >= 15 is 0 Å². The van der Waals surface area contributed by atoms with Crippen molar-refractivity contribution in [3.8, 4) is 0 Å². The SMILES string of the molecule is O=C(Nc1cccc(CO)c1)C1CC12CCNCC2. The van der Waals surface area contributed by atoms with E-state index in [0.717, 1.165) is 43.6 Å². The Bertz CT molecular complexity index is 481. The smallest absolute Gasteiger partial charge is 0.228 e. The number of hydrogen-bond donors (Lipinski definition) is 3. The zero-order valence-corrected chi connectivity index (χ0v) is 11.0. The average Bonchev–Trinajstić information content (AvgIpc) is 3.13. The Balaban J connectivity index is 1.63. The van der Waals surface area contributed by atoms with Gasteiger partial charge < -0.3 is 15.7 Å². The molecular weight excluding hydrogens is 240 g/mol. The van der Waals surface area contributed by atoms with Crippen molar-refractivity contribution in [3.05, 3.63) is 29.8 Å². The second-order valence-corrected chi connectivity index (χ2v) is 5.72. The highest BCUT2D eigenvalue weighted by atomic mass is 16.3. The Morgan fingerprint density at radius 2 is 2.21 bits per heavy atom. The van der Waals surface area contributed by atoms with Crippen LogP contribution in [-0.4, -0.2) is 24.1 Å². The van der Waals surface area contributed by atoms with Gasteiger partial charge in [0, 0.05) is 11.6 Å². The highest BCUT2D eigenvalue weighted by molar-refractivity contribution is 5.95. The minimum absolute atomic E-state index is 0.00272. The Morgan fingerprint density at radius 3 is 2.95 bits per heavy atom. The standard InChI is InChI=1S/C15H20N2O2/c18-10-11-2-1-3-12(8-11)17-14(19)13-9-15(13)4-6-16-7-5-15/h1-3,8,13,16,18H,4-7,9-10H2,(H,17,19). The first-order valence-electron chi connectivity index (χ1n) is 6.95. The van der Waals surface area contributed by atoms with Crippen LogP contribution in [-0.2, 0) is 11.4 Å². The van der Waals surface area contributed by atoms with Crippen LogP contribution in [0.1, 0.15) is 24.8 Å². The first-order valence-corrected chi connectivity index (χ1v) is 6.95. The zero-order chi connectivity index (χ0) is 13.3. The summed E-state index contributed by atoms with van der Waals surface area (Å²) in [4.78, 5) is 12.3. The molecule has 0 bridgehead atoms. The molecule has 4 heteroatoms. The van der Waals surface area contributed by atoms with Gasteiger partial charge in [-0.3, -0.25) is 4.79 Å². The predicted octanol–water partition coefficient (Wildman–Crippen LogP) is 1.51. The number of amides is 1. The van der Waals surface area contributed by atoms with Gasteiger partial charge in [-0.1, -0.05) is 12.1 Å². The van der Waals surface area contributed by atoms with Gasteiger partial charge in [0.05, 0.1) is 6.61 Å². The molecule has 0 radical (unpaired) electrons. The second-order valence-electron chi connectivity index (χ2n) is 5.72. The molecule has 1 amide bonds. The number of carbonyl (C=O) groups is 1. The zero-order valence-electron chi connectivity index (χ0n) is 11.0. The quantitative estimate of drug-likeness (QED) is 0.772. The van der Waals surface area contributed by atoms with Gasteiger partial charge in [0.1, 0.15) is 0 Å². The van der Waals surface area contributed by atoms with Crippen molar-refractivity contribution in [1.82, 2.24) is 5.32 Å². The molecular formula is C15H20N2O2. The number of nitrogens with one attached hydrogen (secondary N) is 2. The Kier molecular flexibility index (Phi) is 3.29. The largest absolute Gasteiger partial charge is 0.392 e. The Labute approximate surface area is 113 Å². The van der Waals surface area contributed by atoms with Crippen LogP contribution in [0.4, 0.5) is 5.69 Å². The molecule has 1 saturated carbocycles. The summed E-state index contributed by atoms with van der Waals surface area (Å²) in [5, 5.41) is 15.4. The van der Waals surface area contributed by atoms with E-state index in [1.165, 1.54) is 0 Å². The van der Waals surface area contributed by atoms with Crippen LogP contribution in [0.15, 0.2) is 24.3 Å². The third-order valence-electron chi connectivity index (χ3n) is 4.48. The minimum Gasteiger partial charge on any atom is -0.392 e. The molecule has 1 saturated heterocycles. The van der Waals surface area contributed by atoms with Gasteiger partial charge in [-0.05, 0) is 55.5 Å². The molecule has 3 rings (SSSR count). The summed E-state index contributed by atoms with van der Waals surface area (Å²) in [6, 6.07) is 7.40. The molecule has 2 aliphatic rings. The van der Waals surface area contributed by atoms with E-state index < -0.39 is 0 Å². The fourth-order valence-electron chi connectivity index (χ4n) is 3.17. The summed E-state index contributed by atoms with van der Waals surface area (Å²) in [5.74, 6) is 0.310. The lowest BCUT2D eigenvalue weighted by Crippen LogP contribution is -2.31. The van der Waals surface area contributed by atoms with E-state index in [2.05, 4.69) is 10.6 Å². The summed E-state index contributed by atoms with van der Waals surface area (Å²) < 4.78 is 0. The van der Waals surface area contributed by atoms with E-state index in [-0.39, 0.29) is 23.8 Å². The number of hydrogen-bond acceptors (Lipinski definition) is 3. The molecule has 4 nitrogen and oxygen atoms in total. The molecule has 0 aromatic heterocycles. The van der Waals surface area contributed by atoms with Crippen LogP contribution in [0.2, 0.25) is 0 Å². The summed E-state index contributed by atoms with van der Waals surface area (Å²) in [7, 11) is 0. The monoisotopic (exact) mass is 260 g/mol. The maximum Gasteiger partial charge on any atom is 0.228 e. The summed E-state index contributed by atoms with van der Waals surface area (Å²) in [6.45, 7) is 2.07. The number of benzene rings is 1. The molecule has 1 unspecified atom stereocenters. The summed E-state index contributed by atoms with van der Waals surface area (Å²) in [5.41, 5.74) is 1.88. The second kappa shape index (κ2) is 4.94. The number of aliphatic hydroxyl groups excluding tert-OH is 1. The third kappa shape index (κ3) is 2.51. The van der Waals surface area contributed by atoms with Crippen LogP contribution in [0.5, 0.6) is 0 Å². The molecule has 1 atom stereocenters. The lowest BCUT2D eigenvalue weighted by atomic mass is 9.92. The van der Waals surface area contributed by atoms with E-state index in [4.69, 9.17) is 5.11 Å². The molecule has 1 aliphatic carbocycles. The minimum atomic E-state index is 0.00272. The first-order chi connectivity index (χ1) is 9.23. The van der Waals surface area contributed by atoms with E-state index in [1.54, 1.807) is 0 Å². The van der Waals surface area contributed by atoms with Crippen LogP contribution >= 0.6 is 0 Å². The molecule has 102 valence electrons. The highest BCUT2D eigenvalue weighted by Crippen LogP contribution is 2.58. The van der Waals surface area contributed by atoms with Crippen LogP contribution in [0.25, 0.3) is 0 Å². The van der Waals surface area contributed by atoms with Crippen molar-refractivity contribution in [2.45, 2.75) is 25.9 Å². The molecule has 1 spiro atoms. The summed E-state index contributed by atoms with van der Waals surface area (Å²) in [6.07, 6.45) is 3.25. The van der Waals surface area contributed by atoms with Crippen LogP contribution in [0.3, 0.4) is 0 Å². The van der Waals surface area contributed by atoms with Gasteiger partial charge in [0.15, 0.2) is 0 Å². The Hall–Kier alpha value is -1.39. The van der Waals surface area contributed by atoms with Gasteiger partial charge in [-0.2, -0.15) is 0 Å². The lowest BCUT2D eigenvalue weighted by Gasteiger charge is -2.23. The maximum absolute atomic E-state index is 12.3. The normalized spacial score (nSPS) is 24.2. The van der Waals surface area contributed by atoms with Crippen molar-refractivity contribution in [2.24, 2.45) is 11.3 Å². The molecule has 19 heavy (non-hydrogen) atoms. The van der Waals surface area contributed by atoms with E-state index in [1.807, 2.05) is 24.3 Å². The number of anilines is 1. The van der Waals surface area contributed by atoms with Gasteiger partial charge in [0.25, 0.3) is 0 Å². The Morgan fingerprint density at radius 1 is 1.42 bits per heavy atom. The molecule has 1 aromatic rings. The van der Waals surface area contributed by atoms with Crippen molar-refractivity contribution in [2.75, 3.05) is 18.4 Å². The van der Waals surface area contributed by atoms with Crippen molar-refractivity contribution in [3.63, 3.8) is 0 Å². The number of piperidine rings is 1. The number of rotatable bonds is 3. The van der Waals surface area contributed by atoms with Crippen LogP contribution < -0.4 is 10.6 Å². The fraction of sp³-hybridized carbons (Fsp3) is 0.533. The third-order valence-corrected chi connectivity index (χ3v) is 4.48. The van der Waals surface area contributed by atoms with Crippen molar-refractivity contribution < 1.29 is 9.90 Å². The van der Waals surface area contributed by atoms with Crippen molar-refractivity contribution >= 4 is 11.6 Å². The molecule has 3 N–H and O–H groups in total. The topological polar surface area (TPSA) is 61.4 Å². The molecule has 2 fully saturated rings.